The number of ether oxygens (including phenoxy) is 2. The molecule has 0 aliphatic carbocycles. The first-order valence-corrected chi connectivity index (χ1v) is 6.55. The molecule has 0 rings (SSSR count). The Balaban J connectivity index is 3.88. The lowest BCUT2D eigenvalue weighted by Crippen LogP contribution is -2.56. The monoisotopic (exact) mass is 260 g/mol. The Kier molecular flexibility index (Phi) is 8.15. The van der Waals surface area contributed by atoms with E-state index in [2.05, 4.69) is 5.32 Å². The summed E-state index contributed by atoms with van der Waals surface area (Å²) in [5.74, 6) is -0.349. The molecule has 0 radical (unpaired) electrons. The van der Waals surface area contributed by atoms with Gasteiger partial charge in [-0.05, 0) is 41.0 Å². The SMILES string of the molecule is CC(C)NC(C)(CCOCCOC(C)C)C(N)=O. The van der Waals surface area contributed by atoms with Gasteiger partial charge in [-0.15, -0.1) is 0 Å². The van der Waals surface area contributed by atoms with E-state index in [1.165, 1.54) is 0 Å². The van der Waals surface area contributed by atoms with Crippen LogP contribution in [0.2, 0.25) is 0 Å². The summed E-state index contributed by atoms with van der Waals surface area (Å²) in [7, 11) is 0. The van der Waals surface area contributed by atoms with Crippen molar-refractivity contribution in [3.63, 3.8) is 0 Å². The van der Waals surface area contributed by atoms with Crippen molar-refractivity contribution in [3.8, 4) is 0 Å². The van der Waals surface area contributed by atoms with E-state index in [-0.39, 0.29) is 18.1 Å². The molecule has 1 amide bonds. The number of nitrogens with one attached hydrogen (secondary N) is 1. The van der Waals surface area contributed by atoms with Crippen molar-refractivity contribution >= 4 is 5.91 Å². The molecule has 0 bridgehead atoms. The summed E-state index contributed by atoms with van der Waals surface area (Å²) in [4.78, 5) is 11.4. The molecule has 0 saturated carbocycles. The number of rotatable bonds is 10. The summed E-state index contributed by atoms with van der Waals surface area (Å²) in [5, 5.41) is 3.18. The molecule has 0 heterocycles. The van der Waals surface area contributed by atoms with Gasteiger partial charge in [0.25, 0.3) is 0 Å². The van der Waals surface area contributed by atoms with Gasteiger partial charge < -0.3 is 20.5 Å². The lowest BCUT2D eigenvalue weighted by molar-refractivity contribution is -0.125. The minimum Gasteiger partial charge on any atom is -0.379 e. The summed E-state index contributed by atoms with van der Waals surface area (Å²) in [6.45, 7) is 11.3. The van der Waals surface area contributed by atoms with Crippen LogP contribution in [0.4, 0.5) is 0 Å². The second kappa shape index (κ2) is 8.45. The second-order valence-electron chi connectivity index (χ2n) is 5.28. The lowest BCUT2D eigenvalue weighted by atomic mass is 9.96. The number of carbonyl (C=O) groups is 1. The maximum Gasteiger partial charge on any atom is 0.237 e. The highest BCUT2D eigenvalue weighted by molar-refractivity contribution is 5.84. The molecule has 1 unspecified atom stereocenters. The van der Waals surface area contributed by atoms with Gasteiger partial charge in [0.2, 0.25) is 5.91 Å². The van der Waals surface area contributed by atoms with Gasteiger partial charge in [-0.25, -0.2) is 0 Å². The number of primary amides is 1. The molecular weight excluding hydrogens is 232 g/mol. The van der Waals surface area contributed by atoms with Crippen LogP contribution < -0.4 is 11.1 Å². The Hall–Kier alpha value is -0.650. The molecule has 1 atom stereocenters. The van der Waals surface area contributed by atoms with E-state index in [0.717, 1.165) is 0 Å². The van der Waals surface area contributed by atoms with Crippen molar-refractivity contribution in [1.29, 1.82) is 0 Å². The van der Waals surface area contributed by atoms with Crippen LogP contribution in [0.15, 0.2) is 0 Å². The molecule has 0 spiro atoms. The normalized spacial score (nSPS) is 15.1. The molecule has 0 aromatic heterocycles. The van der Waals surface area contributed by atoms with Crippen LogP contribution in [0.3, 0.4) is 0 Å². The third kappa shape index (κ3) is 7.63. The maximum atomic E-state index is 11.4. The maximum absolute atomic E-state index is 11.4. The van der Waals surface area contributed by atoms with Crippen LogP contribution >= 0.6 is 0 Å². The van der Waals surface area contributed by atoms with Gasteiger partial charge in [-0.3, -0.25) is 4.79 Å². The molecule has 0 aliphatic rings. The molecule has 0 aliphatic heterocycles. The molecule has 0 fully saturated rings. The van der Waals surface area contributed by atoms with Crippen molar-refractivity contribution in [3.05, 3.63) is 0 Å². The first kappa shape index (κ1) is 17.4. The molecule has 5 heteroatoms. The predicted octanol–water partition coefficient (Wildman–Crippen LogP) is 1.06. The summed E-state index contributed by atoms with van der Waals surface area (Å²) in [6.07, 6.45) is 0.773. The highest BCUT2D eigenvalue weighted by atomic mass is 16.5. The van der Waals surface area contributed by atoms with E-state index in [0.29, 0.717) is 26.2 Å². The number of hydrogen-bond donors (Lipinski definition) is 2. The van der Waals surface area contributed by atoms with E-state index in [9.17, 15) is 4.79 Å². The molecule has 18 heavy (non-hydrogen) atoms. The number of nitrogens with two attached hydrogens (primary N) is 1. The van der Waals surface area contributed by atoms with E-state index in [1.807, 2.05) is 34.6 Å². The highest BCUT2D eigenvalue weighted by Gasteiger charge is 2.30. The summed E-state index contributed by atoms with van der Waals surface area (Å²) >= 11 is 0. The standard InChI is InChI=1S/C13H28N2O3/c1-10(2)15-13(5,12(14)16)6-7-17-8-9-18-11(3)4/h10-11,15H,6-9H2,1-5H3,(H2,14,16). The topological polar surface area (TPSA) is 73.6 Å². The van der Waals surface area contributed by atoms with Crippen molar-refractivity contribution in [2.75, 3.05) is 19.8 Å². The van der Waals surface area contributed by atoms with E-state index >= 15 is 0 Å². The predicted molar refractivity (Wildman–Crippen MR) is 72.4 cm³/mol. The summed E-state index contributed by atoms with van der Waals surface area (Å²) < 4.78 is 10.8. The average Bonchev–Trinajstić information content (AvgIpc) is 2.21. The number of hydrogen-bond acceptors (Lipinski definition) is 4. The Morgan fingerprint density at radius 3 is 2.28 bits per heavy atom. The quantitative estimate of drug-likeness (QED) is 0.576. The fraction of sp³-hybridized carbons (Fsp3) is 0.923. The Labute approximate surface area is 110 Å². The average molecular weight is 260 g/mol. The van der Waals surface area contributed by atoms with Gasteiger partial charge in [-0.2, -0.15) is 0 Å². The van der Waals surface area contributed by atoms with E-state index < -0.39 is 5.54 Å². The number of amides is 1. The van der Waals surface area contributed by atoms with Crippen molar-refractivity contribution < 1.29 is 14.3 Å². The van der Waals surface area contributed by atoms with Gasteiger partial charge >= 0.3 is 0 Å². The molecule has 108 valence electrons. The third-order valence-corrected chi connectivity index (χ3v) is 2.58. The zero-order valence-electron chi connectivity index (χ0n) is 12.3. The zero-order valence-corrected chi connectivity index (χ0v) is 12.3. The van der Waals surface area contributed by atoms with Gasteiger partial charge in [0.15, 0.2) is 0 Å². The second-order valence-corrected chi connectivity index (χ2v) is 5.28. The third-order valence-electron chi connectivity index (χ3n) is 2.58. The van der Waals surface area contributed by atoms with Crippen molar-refractivity contribution in [2.24, 2.45) is 5.73 Å². The van der Waals surface area contributed by atoms with Crippen LogP contribution in [0.1, 0.15) is 41.0 Å². The molecule has 0 aromatic rings. The van der Waals surface area contributed by atoms with Crippen LogP contribution in [0.25, 0.3) is 0 Å². The molecule has 0 aromatic carbocycles. The molecular formula is C13H28N2O3. The van der Waals surface area contributed by atoms with Crippen molar-refractivity contribution in [2.45, 2.75) is 58.7 Å². The molecule has 0 saturated heterocycles. The van der Waals surface area contributed by atoms with E-state index in [4.69, 9.17) is 15.2 Å². The van der Waals surface area contributed by atoms with Gasteiger partial charge in [0.05, 0.1) is 24.9 Å². The molecule has 5 nitrogen and oxygen atoms in total. The lowest BCUT2D eigenvalue weighted by Gasteiger charge is -2.29. The zero-order chi connectivity index (χ0) is 14.2. The minimum atomic E-state index is -0.715. The molecule has 3 N–H and O–H groups in total. The van der Waals surface area contributed by atoms with Gasteiger partial charge in [0, 0.05) is 12.6 Å². The summed E-state index contributed by atoms with van der Waals surface area (Å²) in [6, 6.07) is 0.201. The van der Waals surface area contributed by atoms with Crippen LogP contribution in [-0.4, -0.2) is 43.4 Å². The van der Waals surface area contributed by atoms with Gasteiger partial charge in [0.1, 0.15) is 0 Å². The number of carbonyl (C=O) groups excluding carboxylic acids is 1. The van der Waals surface area contributed by atoms with Crippen LogP contribution in [0, 0.1) is 0 Å². The Morgan fingerprint density at radius 2 is 1.83 bits per heavy atom. The Morgan fingerprint density at radius 1 is 1.22 bits per heavy atom. The van der Waals surface area contributed by atoms with Crippen molar-refractivity contribution in [1.82, 2.24) is 5.32 Å². The first-order chi connectivity index (χ1) is 8.28. The first-order valence-electron chi connectivity index (χ1n) is 6.55. The van der Waals surface area contributed by atoms with Crippen LogP contribution in [0.5, 0.6) is 0 Å². The van der Waals surface area contributed by atoms with E-state index in [1.54, 1.807) is 0 Å². The largest absolute Gasteiger partial charge is 0.379 e. The summed E-state index contributed by atoms with van der Waals surface area (Å²) in [5.41, 5.74) is 4.70. The highest BCUT2D eigenvalue weighted by Crippen LogP contribution is 2.10. The Bertz CT molecular complexity index is 244. The fourth-order valence-electron chi connectivity index (χ4n) is 1.62. The van der Waals surface area contributed by atoms with Crippen LogP contribution in [-0.2, 0) is 14.3 Å². The fourth-order valence-corrected chi connectivity index (χ4v) is 1.62. The minimum absolute atomic E-state index is 0.201. The van der Waals surface area contributed by atoms with Gasteiger partial charge in [-0.1, -0.05) is 0 Å². The smallest absolute Gasteiger partial charge is 0.237 e.